The molecule has 2 aromatic rings. The van der Waals surface area contributed by atoms with Crippen LogP contribution in [-0.2, 0) is 6.42 Å². The monoisotopic (exact) mass is 234 g/mol. The Morgan fingerprint density at radius 3 is 3.12 bits per heavy atom. The zero-order valence-corrected chi connectivity index (χ0v) is 9.34. The minimum atomic E-state index is -0.855. The van der Waals surface area contributed by atoms with Crippen LogP contribution >= 0.6 is 11.3 Å². The lowest BCUT2D eigenvalue weighted by molar-refractivity contribution is 0.0702. The minimum Gasteiger partial charge on any atom is -0.493 e. The Kier molecular flexibility index (Phi) is 2.11. The number of carbonyl (C=O) groups is 1. The van der Waals surface area contributed by atoms with Gasteiger partial charge in [0.05, 0.1) is 6.61 Å². The Hall–Kier alpha value is -1.55. The summed E-state index contributed by atoms with van der Waals surface area (Å²) in [6, 6.07) is 5.61. The molecule has 0 saturated carbocycles. The largest absolute Gasteiger partial charge is 0.493 e. The van der Waals surface area contributed by atoms with Crippen LogP contribution in [0.4, 0.5) is 0 Å². The van der Waals surface area contributed by atoms with E-state index < -0.39 is 5.97 Å². The zero-order chi connectivity index (χ0) is 11.1. The quantitative estimate of drug-likeness (QED) is 0.825. The number of rotatable bonds is 1. The molecule has 0 atom stereocenters. The van der Waals surface area contributed by atoms with E-state index in [2.05, 4.69) is 0 Å². The van der Waals surface area contributed by atoms with Crippen LogP contribution in [0.25, 0.3) is 10.1 Å². The molecule has 0 amide bonds. The van der Waals surface area contributed by atoms with Crippen molar-refractivity contribution in [2.45, 2.75) is 12.8 Å². The van der Waals surface area contributed by atoms with Crippen LogP contribution in [0.1, 0.15) is 21.7 Å². The van der Waals surface area contributed by atoms with Gasteiger partial charge in [-0.05, 0) is 36.4 Å². The highest BCUT2D eigenvalue weighted by molar-refractivity contribution is 7.21. The average molecular weight is 234 g/mol. The summed E-state index contributed by atoms with van der Waals surface area (Å²) in [6.45, 7) is 0.760. The van der Waals surface area contributed by atoms with Crippen molar-refractivity contribution in [2.75, 3.05) is 6.61 Å². The number of aryl methyl sites for hydroxylation is 1. The molecule has 16 heavy (non-hydrogen) atoms. The van der Waals surface area contributed by atoms with E-state index in [1.807, 2.05) is 12.1 Å². The molecule has 0 aliphatic carbocycles. The van der Waals surface area contributed by atoms with Crippen molar-refractivity contribution in [1.82, 2.24) is 0 Å². The number of carboxylic acids is 1. The Bertz CT molecular complexity index is 571. The van der Waals surface area contributed by atoms with Gasteiger partial charge in [0.15, 0.2) is 0 Å². The summed E-state index contributed by atoms with van der Waals surface area (Å²) < 4.78 is 6.62. The van der Waals surface area contributed by atoms with E-state index >= 15 is 0 Å². The molecule has 1 aliphatic heterocycles. The summed E-state index contributed by atoms with van der Waals surface area (Å²) >= 11 is 1.34. The van der Waals surface area contributed by atoms with Crippen LogP contribution < -0.4 is 4.74 Å². The van der Waals surface area contributed by atoms with E-state index in [1.54, 1.807) is 6.07 Å². The Morgan fingerprint density at radius 2 is 2.31 bits per heavy atom. The maximum atomic E-state index is 10.9. The molecule has 1 aliphatic rings. The number of aromatic carboxylic acids is 1. The number of hydrogen-bond donors (Lipinski definition) is 1. The molecule has 0 bridgehead atoms. The lowest BCUT2D eigenvalue weighted by Crippen LogP contribution is -2.07. The highest BCUT2D eigenvalue weighted by Gasteiger charge is 2.17. The average Bonchev–Trinajstić information content (AvgIpc) is 2.73. The number of benzene rings is 1. The molecule has 1 N–H and O–H groups in total. The van der Waals surface area contributed by atoms with Crippen LogP contribution in [0.2, 0.25) is 0 Å². The minimum absolute atomic E-state index is 0.397. The topological polar surface area (TPSA) is 46.5 Å². The first kappa shape index (κ1) is 9.66. The summed E-state index contributed by atoms with van der Waals surface area (Å²) in [5.74, 6) is 0.0595. The first-order chi connectivity index (χ1) is 7.75. The summed E-state index contributed by atoms with van der Waals surface area (Å²) in [6.07, 6.45) is 1.98. The predicted octanol–water partition coefficient (Wildman–Crippen LogP) is 2.92. The van der Waals surface area contributed by atoms with Gasteiger partial charge in [-0.1, -0.05) is 0 Å². The van der Waals surface area contributed by atoms with Gasteiger partial charge in [-0.25, -0.2) is 4.79 Å². The molecule has 1 aromatic heterocycles. The number of ether oxygens (including phenoxy) is 1. The third-order valence-electron chi connectivity index (χ3n) is 2.79. The third kappa shape index (κ3) is 1.38. The number of fused-ring (bicyclic) bond motifs is 3. The number of hydrogen-bond acceptors (Lipinski definition) is 3. The van der Waals surface area contributed by atoms with Gasteiger partial charge in [-0.15, -0.1) is 11.3 Å². The normalized spacial score (nSPS) is 14.5. The highest BCUT2D eigenvalue weighted by Crippen LogP contribution is 2.36. The zero-order valence-electron chi connectivity index (χ0n) is 8.53. The van der Waals surface area contributed by atoms with Crippen LogP contribution in [0.5, 0.6) is 5.75 Å². The summed E-state index contributed by atoms with van der Waals surface area (Å²) in [5, 5.41) is 9.98. The smallest absolute Gasteiger partial charge is 0.345 e. The molecule has 0 unspecified atom stereocenters. The van der Waals surface area contributed by atoms with Gasteiger partial charge in [0.25, 0.3) is 0 Å². The van der Waals surface area contributed by atoms with E-state index in [9.17, 15) is 4.79 Å². The van der Waals surface area contributed by atoms with Crippen molar-refractivity contribution < 1.29 is 14.6 Å². The van der Waals surface area contributed by atoms with Crippen LogP contribution in [0.15, 0.2) is 18.2 Å². The van der Waals surface area contributed by atoms with E-state index in [0.717, 1.165) is 35.3 Å². The fraction of sp³-hybridized carbons (Fsp3) is 0.250. The van der Waals surface area contributed by atoms with Gasteiger partial charge in [0, 0.05) is 10.3 Å². The summed E-state index contributed by atoms with van der Waals surface area (Å²) in [5.41, 5.74) is 1.17. The Labute approximate surface area is 96.3 Å². The molecular weight excluding hydrogens is 224 g/mol. The Morgan fingerprint density at radius 1 is 1.44 bits per heavy atom. The molecular formula is C12H10O3S. The SMILES string of the molecule is O=C(O)c1cc2ccc3c(c2s1)CCCO3. The van der Waals surface area contributed by atoms with Gasteiger partial charge in [-0.2, -0.15) is 0 Å². The van der Waals surface area contributed by atoms with E-state index in [1.165, 1.54) is 16.9 Å². The predicted molar refractivity (Wildman–Crippen MR) is 62.6 cm³/mol. The molecule has 3 nitrogen and oxygen atoms in total. The van der Waals surface area contributed by atoms with Crippen molar-refractivity contribution in [3.05, 3.63) is 28.6 Å². The maximum absolute atomic E-state index is 10.9. The van der Waals surface area contributed by atoms with E-state index in [-0.39, 0.29) is 0 Å². The first-order valence-electron chi connectivity index (χ1n) is 5.17. The fourth-order valence-corrected chi connectivity index (χ4v) is 3.11. The number of thiophene rings is 1. The molecule has 0 radical (unpaired) electrons. The second-order valence-corrected chi connectivity index (χ2v) is 4.88. The van der Waals surface area contributed by atoms with Gasteiger partial charge < -0.3 is 9.84 Å². The van der Waals surface area contributed by atoms with Gasteiger partial charge >= 0.3 is 5.97 Å². The molecule has 0 saturated heterocycles. The van der Waals surface area contributed by atoms with Gasteiger partial charge in [-0.3, -0.25) is 0 Å². The fourth-order valence-electron chi connectivity index (χ4n) is 2.05. The molecule has 4 heteroatoms. The number of carboxylic acid groups (broad SMARTS) is 1. The van der Waals surface area contributed by atoms with Crippen molar-refractivity contribution in [1.29, 1.82) is 0 Å². The van der Waals surface area contributed by atoms with Crippen molar-refractivity contribution in [2.24, 2.45) is 0 Å². The van der Waals surface area contributed by atoms with Crippen molar-refractivity contribution in [3.63, 3.8) is 0 Å². The molecule has 1 aromatic carbocycles. The Balaban J connectivity index is 2.26. The summed E-state index contributed by atoms with van der Waals surface area (Å²) in [7, 11) is 0. The van der Waals surface area contributed by atoms with Crippen LogP contribution in [0, 0.1) is 0 Å². The standard InChI is InChI=1S/C12H10O3S/c13-12(14)10-6-7-3-4-9-8(11(7)16-10)2-1-5-15-9/h3-4,6H,1-2,5H2,(H,13,14). The van der Waals surface area contributed by atoms with Gasteiger partial charge in [0.1, 0.15) is 10.6 Å². The highest BCUT2D eigenvalue weighted by atomic mass is 32.1. The summed E-state index contributed by atoms with van der Waals surface area (Å²) in [4.78, 5) is 11.3. The van der Waals surface area contributed by atoms with E-state index in [0.29, 0.717) is 4.88 Å². The third-order valence-corrected chi connectivity index (χ3v) is 3.98. The second kappa shape index (κ2) is 3.49. The lowest BCUT2D eigenvalue weighted by atomic mass is 10.0. The molecule has 82 valence electrons. The lowest BCUT2D eigenvalue weighted by Gasteiger charge is -2.17. The molecule has 3 rings (SSSR count). The van der Waals surface area contributed by atoms with Crippen molar-refractivity contribution in [3.8, 4) is 5.75 Å². The second-order valence-electron chi connectivity index (χ2n) is 3.83. The van der Waals surface area contributed by atoms with Crippen molar-refractivity contribution >= 4 is 27.4 Å². The molecule has 0 fully saturated rings. The molecule has 0 spiro atoms. The van der Waals surface area contributed by atoms with Crippen LogP contribution in [0.3, 0.4) is 0 Å². The maximum Gasteiger partial charge on any atom is 0.345 e. The molecule has 2 heterocycles. The van der Waals surface area contributed by atoms with Gasteiger partial charge in [0.2, 0.25) is 0 Å². The first-order valence-corrected chi connectivity index (χ1v) is 5.99. The van der Waals surface area contributed by atoms with Crippen LogP contribution in [-0.4, -0.2) is 17.7 Å². The van der Waals surface area contributed by atoms with E-state index in [4.69, 9.17) is 9.84 Å².